The second kappa shape index (κ2) is 12.9. The molecule has 2 aromatic rings. The molecule has 5 nitrogen and oxygen atoms in total. The van der Waals surface area contributed by atoms with Crippen LogP contribution in [-0.2, 0) is 11.2 Å². The van der Waals surface area contributed by atoms with Gasteiger partial charge in [0.1, 0.15) is 0 Å². The zero-order chi connectivity index (χ0) is 22.6. The van der Waals surface area contributed by atoms with E-state index < -0.39 is 0 Å². The van der Waals surface area contributed by atoms with Crippen molar-refractivity contribution in [3.05, 3.63) is 59.7 Å². The number of nitrogens with one attached hydrogen (secondary N) is 2. The number of hydrogen-bond acceptors (Lipinski definition) is 3. The molecule has 172 valence electrons. The fourth-order valence-corrected chi connectivity index (χ4v) is 4.20. The average molecular weight is 436 g/mol. The molecule has 1 aliphatic heterocycles. The molecule has 1 fully saturated rings. The number of unbranched alkanes of at least 4 members (excludes halogenated alkanes) is 4. The van der Waals surface area contributed by atoms with Crippen LogP contribution >= 0.6 is 0 Å². The molecule has 3 rings (SSSR count). The molecule has 0 atom stereocenters. The molecule has 1 saturated heterocycles. The van der Waals surface area contributed by atoms with Crippen LogP contribution in [0.2, 0.25) is 0 Å². The van der Waals surface area contributed by atoms with Crippen molar-refractivity contribution >= 4 is 23.2 Å². The summed E-state index contributed by atoms with van der Waals surface area (Å²) >= 11 is 0. The fraction of sp³-hybridized carbons (Fsp3) is 0.481. The van der Waals surface area contributed by atoms with Crippen LogP contribution in [0, 0.1) is 0 Å². The predicted molar refractivity (Wildman–Crippen MR) is 132 cm³/mol. The van der Waals surface area contributed by atoms with Crippen molar-refractivity contribution in [3.8, 4) is 0 Å². The highest BCUT2D eigenvalue weighted by molar-refractivity contribution is 6.02. The lowest BCUT2D eigenvalue weighted by molar-refractivity contribution is -0.116. The Hall–Kier alpha value is -2.82. The number of benzene rings is 2. The third-order valence-corrected chi connectivity index (χ3v) is 6.02. The predicted octanol–water partition coefficient (Wildman–Crippen LogP) is 5.56. The summed E-state index contributed by atoms with van der Waals surface area (Å²) < 4.78 is 0. The Balaban J connectivity index is 1.62. The van der Waals surface area contributed by atoms with Crippen LogP contribution in [-0.4, -0.2) is 31.4 Å². The third kappa shape index (κ3) is 7.40. The van der Waals surface area contributed by atoms with Gasteiger partial charge in [-0.05, 0) is 49.4 Å². The molecule has 1 aliphatic rings. The average Bonchev–Trinajstić information content (AvgIpc) is 3.34. The summed E-state index contributed by atoms with van der Waals surface area (Å²) in [6.45, 7) is 4.70. The molecule has 32 heavy (non-hydrogen) atoms. The smallest absolute Gasteiger partial charge is 0.253 e. The first-order chi connectivity index (χ1) is 15.7. The Labute approximate surface area is 192 Å². The SMILES string of the molecule is CCCCCCCC(=O)Nc1ccc(N2CCCC2)c(C(=O)NCCc2ccccc2)c1. The molecule has 2 aromatic carbocycles. The normalized spacial score (nSPS) is 13.2. The van der Waals surface area contributed by atoms with Gasteiger partial charge in [-0.2, -0.15) is 0 Å². The molecule has 2 N–H and O–H groups in total. The van der Waals surface area contributed by atoms with Gasteiger partial charge in [-0.1, -0.05) is 62.9 Å². The van der Waals surface area contributed by atoms with Gasteiger partial charge < -0.3 is 15.5 Å². The first-order valence-corrected chi connectivity index (χ1v) is 12.2. The Morgan fingerprint density at radius 3 is 2.44 bits per heavy atom. The van der Waals surface area contributed by atoms with Gasteiger partial charge in [0.25, 0.3) is 5.91 Å². The lowest BCUT2D eigenvalue weighted by Gasteiger charge is -2.22. The van der Waals surface area contributed by atoms with Crippen molar-refractivity contribution in [2.45, 2.75) is 64.7 Å². The molecular weight excluding hydrogens is 398 g/mol. The van der Waals surface area contributed by atoms with Gasteiger partial charge in [-0.3, -0.25) is 9.59 Å². The van der Waals surface area contributed by atoms with Gasteiger partial charge in [0.15, 0.2) is 0 Å². The second-order valence-electron chi connectivity index (χ2n) is 8.63. The van der Waals surface area contributed by atoms with Crippen LogP contribution in [0.15, 0.2) is 48.5 Å². The van der Waals surface area contributed by atoms with Gasteiger partial charge in [-0.25, -0.2) is 0 Å². The Bertz CT molecular complexity index is 860. The Kier molecular flexibility index (Phi) is 9.60. The molecule has 5 heteroatoms. The van der Waals surface area contributed by atoms with E-state index in [1.165, 1.54) is 24.8 Å². The first-order valence-electron chi connectivity index (χ1n) is 12.2. The Morgan fingerprint density at radius 1 is 0.938 bits per heavy atom. The van der Waals surface area contributed by atoms with E-state index in [0.29, 0.717) is 24.2 Å². The van der Waals surface area contributed by atoms with Gasteiger partial charge in [0, 0.05) is 37.4 Å². The largest absolute Gasteiger partial charge is 0.371 e. The van der Waals surface area contributed by atoms with Gasteiger partial charge in [0.2, 0.25) is 5.91 Å². The van der Waals surface area contributed by atoms with E-state index in [4.69, 9.17) is 0 Å². The number of anilines is 2. The maximum absolute atomic E-state index is 13.1. The molecule has 0 spiro atoms. The van der Waals surface area contributed by atoms with E-state index in [9.17, 15) is 9.59 Å². The van der Waals surface area contributed by atoms with Gasteiger partial charge in [-0.15, -0.1) is 0 Å². The van der Waals surface area contributed by atoms with Crippen LogP contribution in [0.25, 0.3) is 0 Å². The van der Waals surface area contributed by atoms with Crippen LogP contribution in [0.5, 0.6) is 0 Å². The second-order valence-corrected chi connectivity index (χ2v) is 8.63. The van der Waals surface area contributed by atoms with Crippen LogP contribution in [0.3, 0.4) is 0 Å². The van der Waals surface area contributed by atoms with Gasteiger partial charge >= 0.3 is 0 Å². The van der Waals surface area contributed by atoms with Crippen molar-refractivity contribution in [3.63, 3.8) is 0 Å². The molecule has 1 heterocycles. The third-order valence-electron chi connectivity index (χ3n) is 6.02. The molecule has 0 radical (unpaired) electrons. The summed E-state index contributed by atoms with van der Waals surface area (Å²) in [6, 6.07) is 15.9. The highest BCUT2D eigenvalue weighted by Crippen LogP contribution is 2.28. The summed E-state index contributed by atoms with van der Waals surface area (Å²) in [5.74, 6) is -0.0654. The summed E-state index contributed by atoms with van der Waals surface area (Å²) in [5.41, 5.74) is 3.49. The summed E-state index contributed by atoms with van der Waals surface area (Å²) in [4.78, 5) is 27.7. The summed E-state index contributed by atoms with van der Waals surface area (Å²) in [6.07, 6.45) is 9.21. The van der Waals surface area contributed by atoms with Crippen LogP contribution < -0.4 is 15.5 Å². The summed E-state index contributed by atoms with van der Waals surface area (Å²) in [5, 5.41) is 6.06. The number of amides is 2. The molecule has 0 aliphatic carbocycles. The zero-order valence-corrected chi connectivity index (χ0v) is 19.4. The minimum atomic E-state index is -0.0847. The van der Waals surface area contributed by atoms with E-state index in [0.717, 1.165) is 50.9 Å². The fourth-order valence-electron chi connectivity index (χ4n) is 4.20. The highest BCUT2D eigenvalue weighted by atomic mass is 16.2. The monoisotopic (exact) mass is 435 g/mol. The standard InChI is InChI=1S/C27H37N3O2/c1-2-3-4-5-9-14-26(31)29-23-15-16-25(30-19-10-11-20-30)24(21-23)27(32)28-18-17-22-12-7-6-8-13-22/h6-8,12-13,15-16,21H,2-5,9-11,14,17-20H2,1H3,(H,28,32)(H,29,31). The van der Waals surface area contributed by atoms with Crippen molar-refractivity contribution in [2.75, 3.05) is 29.9 Å². The van der Waals surface area contributed by atoms with Gasteiger partial charge in [0.05, 0.1) is 5.56 Å². The van der Waals surface area contributed by atoms with Crippen molar-refractivity contribution in [1.82, 2.24) is 5.32 Å². The molecule has 2 amide bonds. The highest BCUT2D eigenvalue weighted by Gasteiger charge is 2.20. The van der Waals surface area contributed by atoms with E-state index in [2.05, 4.69) is 34.6 Å². The van der Waals surface area contributed by atoms with Crippen molar-refractivity contribution in [1.29, 1.82) is 0 Å². The van der Waals surface area contributed by atoms with E-state index in [1.54, 1.807) is 0 Å². The molecule has 0 saturated carbocycles. The topological polar surface area (TPSA) is 61.4 Å². The van der Waals surface area contributed by atoms with E-state index in [-0.39, 0.29) is 11.8 Å². The van der Waals surface area contributed by atoms with Crippen molar-refractivity contribution in [2.24, 2.45) is 0 Å². The molecule has 0 bridgehead atoms. The zero-order valence-electron chi connectivity index (χ0n) is 19.4. The quantitative estimate of drug-likeness (QED) is 0.429. The number of rotatable bonds is 12. The van der Waals surface area contributed by atoms with Crippen molar-refractivity contribution < 1.29 is 9.59 Å². The molecule has 0 unspecified atom stereocenters. The maximum atomic E-state index is 13.1. The minimum Gasteiger partial charge on any atom is -0.371 e. The lowest BCUT2D eigenvalue weighted by atomic mass is 10.1. The van der Waals surface area contributed by atoms with E-state index >= 15 is 0 Å². The maximum Gasteiger partial charge on any atom is 0.253 e. The van der Waals surface area contributed by atoms with Crippen LogP contribution in [0.1, 0.15) is 74.2 Å². The lowest BCUT2D eigenvalue weighted by Crippen LogP contribution is -2.29. The Morgan fingerprint density at radius 2 is 1.69 bits per heavy atom. The minimum absolute atomic E-state index is 0.0193. The van der Waals surface area contributed by atoms with Crippen LogP contribution in [0.4, 0.5) is 11.4 Å². The number of carbonyl (C=O) groups is 2. The molecule has 0 aromatic heterocycles. The summed E-state index contributed by atoms with van der Waals surface area (Å²) in [7, 11) is 0. The number of carbonyl (C=O) groups excluding carboxylic acids is 2. The first kappa shape index (κ1) is 23.8. The number of nitrogens with zero attached hydrogens (tertiary/aromatic N) is 1. The van der Waals surface area contributed by atoms with E-state index in [1.807, 2.05) is 36.4 Å². The molecular formula is C27H37N3O2. The number of hydrogen-bond donors (Lipinski definition) is 2.